The fourth-order valence-electron chi connectivity index (χ4n) is 2.00. The molecule has 0 amide bonds. The van der Waals surface area contributed by atoms with Crippen molar-refractivity contribution < 1.29 is 0 Å². The molecule has 3 heterocycles. The molecule has 6 nitrogen and oxygen atoms in total. The van der Waals surface area contributed by atoms with Gasteiger partial charge >= 0.3 is 0 Å². The lowest BCUT2D eigenvalue weighted by Gasteiger charge is -2.15. The van der Waals surface area contributed by atoms with Crippen LogP contribution in [0.4, 0.5) is 0 Å². The second-order valence-electron chi connectivity index (χ2n) is 4.45. The molecule has 1 aliphatic heterocycles. The molecule has 7 heteroatoms. The summed E-state index contributed by atoms with van der Waals surface area (Å²) < 4.78 is 1.75. The molecule has 3 rings (SSSR count). The summed E-state index contributed by atoms with van der Waals surface area (Å²) in [4.78, 5) is 10.8. The standard InChI is InChI=1S/C13H16N6.HI/c1-18-8-6-15-13(18)16-10-11-3-5-14-12(9-11)19-7-2-4-17-19;/h2-5,7,9H,6,8,10H2,1H3,(H,15,16);1H. The normalized spacial score (nSPS) is 13.8. The van der Waals surface area contributed by atoms with Crippen molar-refractivity contribution in [2.75, 3.05) is 20.1 Å². The van der Waals surface area contributed by atoms with Crippen molar-refractivity contribution in [1.82, 2.24) is 25.0 Å². The van der Waals surface area contributed by atoms with Crippen LogP contribution >= 0.6 is 24.0 Å². The van der Waals surface area contributed by atoms with Gasteiger partial charge in [-0.05, 0) is 23.8 Å². The highest BCUT2D eigenvalue weighted by Gasteiger charge is 2.11. The van der Waals surface area contributed by atoms with Gasteiger partial charge in [0.05, 0.1) is 6.54 Å². The van der Waals surface area contributed by atoms with Crippen molar-refractivity contribution in [1.29, 1.82) is 0 Å². The molecule has 1 N–H and O–H groups in total. The first-order chi connectivity index (χ1) is 9.33. The first kappa shape index (κ1) is 14.8. The van der Waals surface area contributed by atoms with E-state index in [1.165, 1.54) is 0 Å². The number of hydrogen-bond donors (Lipinski definition) is 1. The molecule has 106 valence electrons. The fraction of sp³-hybridized carbons (Fsp3) is 0.308. The number of nitrogens with zero attached hydrogens (tertiary/aromatic N) is 5. The number of pyridine rings is 1. The lowest BCUT2D eigenvalue weighted by atomic mass is 10.2. The summed E-state index contributed by atoms with van der Waals surface area (Å²) in [5.41, 5.74) is 1.16. The molecule has 0 saturated heterocycles. The monoisotopic (exact) mass is 384 g/mol. The maximum atomic E-state index is 4.40. The summed E-state index contributed by atoms with van der Waals surface area (Å²) in [6.07, 6.45) is 5.43. The smallest absolute Gasteiger partial charge is 0.194 e. The Morgan fingerprint density at radius 2 is 2.25 bits per heavy atom. The first-order valence-electron chi connectivity index (χ1n) is 6.27. The highest BCUT2D eigenvalue weighted by atomic mass is 127. The Labute approximate surface area is 134 Å². The lowest BCUT2D eigenvalue weighted by molar-refractivity contribution is 0.534. The van der Waals surface area contributed by atoms with Crippen LogP contribution in [-0.4, -0.2) is 45.8 Å². The molecule has 2 aromatic rings. The third-order valence-electron chi connectivity index (χ3n) is 3.06. The largest absolute Gasteiger partial charge is 0.352 e. The zero-order valence-corrected chi connectivity index (χ0v) is 13.6. The number of halogens is 1. The minimum absolute atomic E-state index is 0. The Bertz CT molecular complexity index is 580. The van der Waals surface area contributed by atoms with Crippen molar-refractivity contribution >= 4 is 29.9 Å². The molecule has 2 aromatic heterocycles. The van der Waals surface area contributed by atoms with E-state index in [9.17, 15) is 0 Å². The van der Waals surface area contributed by atoms with E-state index >= 15 is 0 Å². The maximum absolute atomic E-state index is 4.40. The van der Waals surface area contributed by atoms with Crippen LogP contribution in [0.25, 0.3) is 5.82 Å². The molecule has 0 bridgehead atoms. The quantitative estimate of drug-likeness (QED) is 0.811. The molecule has 0 unspecified atom stereocenters. The van der Waals surface area contributed by atoms with Crippen LogP contribution in [0.3, 0.4) is 0 Å². The van der Waals surface area contributed by atoms with E-state index in [2.05, 4.69) is 25.3 Å². The minimum Gasteiger partial charge on any atom is -0.352 e. The lowest BCUT2D eigenvalue weighted by Crippen LogP contribution is -2.35. The average Bonchev–Trinajstić information content (AvgIpc) is 3.08. The van der Waals surface area contributed by atoms with E-state index in [1.54, 1.807) is 17.1 Å². The molecule has 0 aliphatic carbocycles. The van der Waals surface area contributed by atoms with Crippen LogP contribution < -0.4 is 5.32 Å². The summed E-state index contributed by atoms with van der Waals surface area (Å²) in [6, 6.07) is 5.90. The van der Waals surface area contributed by atoms with Crippen LogP contribution in [0.15, 0.2) is 41.8 Å². The fourth-order valence-corrected chi connectivity index (χ4v) is 2.00. The van der Waals surface area contributed by atoms with Crippen LogP contribution in [0, 0.1) is 0 Å². The molecule has 0 spiro atoms. The number of rotatable bonds is 3. The molecule has 0 saturated carbocycles. The molecule has 0 atom stereocenters. The van der Waals surface area contributed by atoms with Gasteiger partial charge in [-0.3, -0.25) is 4.99 Å². The van der Waals surface area contributed by atoms with Crippen LogP contribution in [-0.2, 0) is 6.54 Å². The molecule has 1 aliphatic rings. The molecule has 20 heavy (non-hydrogen) atoms. The maximum Gasteiger partial charge on any atom is 0.194 e. The van der Waals surface area contributed by atoms with Crippen LogP contribution in [0.1, 0.15) is 5.56 Å². The molecular formula is C13H17IN6. The van der Waals surface area contributed by atoms with Gasteiger partial charge < -0.3 is 10.2 Å². The van der Waals surface area contributed by atoms with Crippen molar-refractivity contribution in [3.8, 4) is 5.82 Å². The Hall–Kier alpha value is -1.64. The van der Waals surface area contributed by atoms with Gasteiger partial charge in [0.1, 0.15) is 0 Å². The number of aromatic nitrogens is 3. The van der Waals surface area contributed by atoms with Crippen molar-refractivity contribution in [3.63, 3.8) is 0 Å². The van der Waals surface area contributed by atoms with Gasteiger partial charge in [-0.2, -0.15) is 5.10 Å². The van der Waals surface area contributed by atoms with Gasteiger partial charge in [-0.15, -0.1) is 24.0 Å². The zero-order chi connectivity index (χ0) is 13.1. The number of hydrogen-bond acceptors (Lipinski definition) is 5. The number of aliphatic imine (C=N–C) groups is 1. The highest BCUT2D eigenvalue weighted by Crippen LogP contribution is 2.06. The van der Waals surface area contributed by atoms with Crippen molar-refractivity contribution in [2.45, 2.75) is 6.54 Å². The van der Waals surface area contributed by atoms with Gasteiger partial charge in [-0.1, -0.05) is 0 Å². The second-order valence-corrected chi connectivity index (χ2v) is 4.45. The van der Waals surface area contributed by atoms with Crippen LogP contribution in [0.2, 0.25) is 0 Å². The Balaban J connectivity index is 0.00000147. The number of likely N-dealkylation sites (N-methyl/N-ethyl adjacent to an activating group) is 1. The van der Waals surface area contributed by atoms with E-state index in [0.717, 1.165) is 37.0 Å². The third-order valence-corrected chi connectivity index (χ3v) is 3.06. The van der Waals surface area contributed by atoms with Gasteiger partial charge in [0.2, 0.25) is 0 Å². The van der Waals surface area contributed by atoms with Gasteiger partial charge in [0.25, 0.3) is 0 Å². The van der Waals surface area contributed by atoms with Crippen molar-refractivity contribution in [2.24, 2.45) is 4.99 Å². The van der Waals surface area contributed by atoms with E-state index in [4.69, 9.17) is 0 Å². The summed E-state index contributed by atoms with van der Waals surface area (Å²) in [5, 5.41) is 7.52. The predicted molar refractivity (Wildman–Crippen MR) is 88.5 cm³/mol. The molecule has 0 aromatic carbocycles. The predicted octanol–water partition coefficient (Wildman–Crippen LogP) is 1.28. The zero-order valence-electron chi connectivity index (χ0n) is 11.2. The van der Waals surface area contributed by atoms with Gasteiger partial charge in [-0.25, -0.2) is 9.67 Å². The molecule has 0 radical (unpaired) electrons. The number of nitrogens with one attached hydrogen (secondary N) is 1. The number of guanidine groups is 1. The molecule has 0 fully saturated rings. The summed E-state index contributed by atoms with van der Waals surface area (Å²) in [5.74, 6) is 1.78. The first-order valence-corrected chi connectivity index (χ1v) is 6.27. The topological polar surface area (TPSA) is 58.3 Å². The summed E-state index contributed by atoms with van der Waals surface area (Å²) in [6.45, 7) is 2.59. The minimum atomic E-state index is 0. The van der Waals surface area contributed by atoms with E-state index in [1.807, 2.05) is 31.4 Å². The van der Waals surface area contributed by atoms with Crippen LogP contribution in [0.5, 0.6) is 0 Å². The van der Waals surface area contributed by atoms with E-state index in [0.29, 0.717) is 0 Å². The van der Waals surface area contributed by atoms with Gasteiger partial charge in [0.15, 0.2) is 11.8 Å². The third kappa shape index (κ3) is 3.27. The highest BCUT2D eigenvalue weighted by molar-refractivity contribution is 14.0. The van der Waals surface area contributed by atoms with E-state index < -0.39 is 0 Å². The second kappa shape index (κ2) is 6.69. The van der Waals surface area contributed by atoms with Crippen molar-refractivity contribution in [3.05, 3.63) is 42.4 Å². The average molecular weight is 384 g/mol. The Morgan fingerprint density at radius 1 is 1.35 bits per heavy atom. The Morgan fingerprint density at radius 3 is 2.95 bits per heavy atom. The molecular weight excluding hydrogens is 367 g/mol. The SMILES string of the molecule is CN1CCN=C1NCc1ccnc(-n2cccn2)c1.I. The van der Waals surface area contributed by atoms with E-state index in [-0.39, 0.29) is 24.0 Å². The summed E-state index contributed by atoms with van der Waals surface area (Å²) in [7, 11) is 2.04. The summed E-state index contributed by atoms with van der Waals surface area (Å²) >= 11 is 0. The van der Waals surface area contributed by atoms with Gasteiger partial charge in [0, 0.05) is 38.7 Å². The Kier molecular flexibility index (Phi) is 4.94.